The zero-order valence-corrected chi connectivity index (χ0v) is 16.3. The molecule has 0 spiro atoms. The van der Waals surface area contributed by atoms with Crippen molar-refractivity contribution in [2.45, 2.75) is 65.3 Å². The van der Waals surface area contributed by atoms with E-state index in [2.05, 4.69) is 33.0 Å². The van der Waals surface area contributed by atoms with Gasteiger partial charge in [0.15, 0.2) is 0 Å². The van der Waals surface area contributed by atoms with E-state index < -0.39 is 0 Å². The normalized spacial score (nSPS) is 17.2. The Balaban J connectivity index is 1.92. The SMILES string of the molecule is CC[C@H](C)NC(=O)C1CCN(C(=O)c2ccc(C(C)(C)C)cc2)CC1. The second kappa shape index (κ2) is 8.03. The van der Waals surface area contributed by atoms with E-state index in [0.717, 1.165) is 24.8 Å². The van der Waals surface area contributed by atoms with Gasteiger partial charge < -0.3 is 10.2 Å². The molecule has 0 bridgehead atoms. The monoisotopic (exact) mass is 344 g/mol. The minimum absolute atomic E-state index is 0.0290. The molecule has 0 saturated carbocycles. The number of nitrogens with one attached hydrogen (secondary N) is 1. The Morgan fingerprint density at radius 1 is 1.16 bits per heavy atom. The van der Waals surface area contributed by atoms with Crippen LogP contribution in [0.4, 0.5) is 0 Å². The highest BCUT2D eigenvalue weighted by Crippen LogP contribution is 2.24. The van der Waals surface area contributed by atoms with Gasteiger partial charge in [0.1, 0.15) is 0 Å². The number of carbonyl (C=O) groups excluding carboxylic acids is 2. The molecule has 2 rings (SSSR count). The molecular weight excluding hydrogens is 312 g/mol. The molecule has 1 fully saturated rings. The molecule has 0 unspecified atom stereocenters. The number of carbonyl (C=O) groups is 2. The van der Waals surface area contributed by atoms with Crippen LogP contribution in [0.1, 0.15) is 69.8 Å². The average Bonchev–Trinajstić information content (AvgIpc) is 2.60. The number of likely N-dealkylation sites (tertiary alicyclic amines) is 1. The van der Waals surface area contributed by atoms with Crippen molar-refractivity contribution in [1.29, 1.82) is 0 Å². The summed E-state index contributed by atoms with van der Waals surface area (Å²) in [7, 11) is 0. The average molecular weight is 344 g/mol. The lowest BCUT2D eigenvalue weighted by Crippen LogP contribution is -2.44. The van der Waals surface area contributed by atoms with Crippen LogP contribution in [0.2, 0.25) is 0 Å². The maximum atomic E-state index is 12.7. The maximum absolute atomic E-state index is 12.7. The van der Waals surface area contributed by atoms with Gasteiger partial charge in [0.05, 0.1) is 0 Å². The molecule has 4 heteroatoms. The van der Waals surface area contributed by atoms with Gasteiger partial charge in [-0.15, -0.1) is 0 Å². The molecular formula is C21H32N2O2. The number of rotatable bonds is 4. The first-order valence-electron chi connectivity index (χ1n) is 9.42. The van der Waals surface area contributed by atoms with E-state index in [4.69, 9.17) is 0 Å². The molecule has 1 N–H and O–H groups in total. The summed E-state index contributed by atoms with van der Waals surface area (Å²) in [6.45, 7) is 11.9. The third-order valence-corrected chi connectivity index (χ3v) is 5.15. The van der Waals surface area contributed by atoms with Crippen molar-refractivity contribution in [3.63, 3.8) is 0 Å². The van der Waals surface area contributed by atoms with Crippen molar-refractivity contribution >= 4 is 11.8 Å². The molecule has 1 atom stereocenters. The van der Waals surface area contributed by atoms with Gasteiger partial charge in [0.2, 0.25) is 5.91 Å². The first-order valence-corrected chi connectivity index (χ1v) is 9.42. The van der Waals surface area contributed by atoms with Crippen LogP contribution in [0.5, 0.6) is 0 Å². The fourth-order valence-electron chi connectivity index (χ4n) is 3.10. The van der Waals surface area contributed by atoms with E-state index in [1.807, 2.05) is 36.1 Å². The van der Waals surface area contributed by atoms with Crippen molar-refractivity contribution < 1.29 is 9.59 Å². The van der Waals surface area contributed by atoms with Crippen LogP contribution < -0.4 is 5.32 Å². The van der Waals surface area contributed by atoms with Crippen LogP contribution in [-0.2, 0) is 10.2 Å². The lowest BCUT2D eigenvalue weighted by molar-refractivity contribution is -0.126. The molecule has 4 nitrogen and oxygen atoms in total. The van der Waals surface area contributed by atoms with Crippen LogP contribution in [0.3, 0.4) is 0 Å². The van der Waals surface area contributed by atoms with Crippen LogP contribution >= 0.6 is 0 Å². The lowest BCUT2D eigenvalue weighted by Gasteiger charge is -2.32. The van der Waals surface area contributed by atoms with Crippen molar-refractivity contribution in [2.24, 2.45) is 5.92 Å². The van der Waals surface area contributed by atoms with Crippen LogP contribution in [0.25, 0.3) is 0 Å². The van der Waals surface area contributed by atoms with Gasteiger partial charge >= 0.3 is 0 Å². The molecule has 1 aliphatic rings. The number of nitrogens with zero attached hydrogens (tertiary/aromatic N) is 1. The predicted molar refractivity (Wildman–Crippen MR) is 102 cm³/mol. The second-order valence-electron chi connectivity index (χ2n) is 8.21. The summed E-state index contributed by atoms with van der Waals surface area (Å²) in [5.41, 5.74) is 2.04. The molecule has 2 amide bonds. The Kier molecular flexibility index (Phi) is 6.26. The summed E-state index contributed by atoms with van der Waals surface area (Å²) in [6, 6.07) is 8.14. The molecule has 1 heterocycles. The van der Waals surface area contributed by atoms with E-state index >= 15 is 0 Å². The minimum Gasteiger partial charge on any atom is -0.353 e. The van der Waals surface area contributed by atoms with Gasteiger partial charge in [-0.05, 0) is 49.3 Å². The first kappa shape index (κ1) is 19.5. The number of piperidine rings is 1. The second-order valence-corrected chi connectivity index (χ2v) is 8.21. The quantitative estimate of drug-likeness (QED) is 0.904. The van der Waals surface area contributed by atoms with Crippen LogP contribution in [0.15, 0.2) is 24.3 Å². The Morgan fingerprint density at radius 2 is 1.72 bits per heavy atom. The number of hydrogen-bond acceptors (Lipinski definition) is 2. The summed E-state index contributed by atoms with van der Waals surface area (Å²) >= 11 is 0. The highest BCUT2D eigenvalue weighted by Gasteiger charge is 2.28. The van der Waals surface area contributed by atoms with Crippen molar-refractivity contribution in [3.05, 3.63) is 35.4 Å². The molecule has 1 aromatic carbocycles. The van der Waals surface area contributed by atoms with Gasteiger partial charge in [-0.1, -0.05) is 39.8 Å². The highest BCUT2D eigenvalue weighted by atomic mass is 16.2. The Labute approximate surface area is 152 Å². The highest BCUT2D eigenvalue weighted by molar-refractivity contribution is 5.94. The lowest BCUT2D eigenvalue weighted by atomic mass is 9.86. The van der Waals surface area contributed by atoms with E-state index in [-0.39, 0.29) is 29.2 Å². The number of hydrogen-bond donors (Lipinski definition) is 1. The van der Waals surface area contributed by atoms with Crippen LogP contribution in [-0.4, -0.2) is 35.8 Å². The predicted octanol–water partition coefficient (Wildman–Crippen LogP) is 3.75. The van der Waals surface area contributed by atoms with Crippen molar-refractivity contribution in [3.8, 4) is 0 Å². The maximum Gasteiger partial charge on any atom is 0.253 e. The standard InChI is InChI=1S/C21H32N2O2/c1-6-15(2)22-19(24)16-11-13-23(14-12-16)20(25)17-7-9-18(10-8-17)21(3,4)5/h7-10,15-16H,6,11-14H2,1-5H3,(H,22,24)/t15-/m0/s1. The third-order valence-electron chi connectivity index (χ3n) is 5.15. The minimum atomic E-state index is 0.0290. The van der Waals surface area contributed by atoms with E-state index in [1.165, 1.54) is 5.56 Å². The Bertz CT molecular complexity index is 593. The zero-order chi connectivity index (χ0) is 18.6. The molecule has 25 heavy (non-hydrogen) atoms. The summed E-state index contributed by atoms with van der Waals surface area (Å²) in [6.07, 6.45) is 2.43. The first-order chi connectivity index (χ1) is 11.7. The largest absolute Gasteiger partial charge is 0.353 e. The van der Waals surface area contributed by atoms with Gasteiger partial charge in [-0.2, -0.15) is 0 Å². The fraction of sp³-hybridized carbons (Fsp3) is 0.619. The fourth-order valence-corrected chi connectivity index (χ4v) is 3.10. The summed E-state index contributed by atoms with van der Waals surface area (Å²) in [5.74, 6) is 0.235. The molecule has 0 aromatic heterocycles. The van der Waals surface area contributed by atoms with E-state index in [0.29, 0.717) is 13.1 Å². The Hall–Kier alpha value is -1.84. The molecule has 0 aliphatic carbocycles. The third kappa shape index (κ3) is 5.07. The topological polar surface area (TPSA) is 49.4 Å². The van der Waals surface area contributed by atoms with E-state index in [1.54, 1.807) is 0 Å². The summed E-state index contributed by atoms with van der Waals surface area (Å²) in [5, 5.41) is 3.05. The molecule has 1 aromatic rings. The number of amides is 2. The van der Waals surface area contributed by atoms with Crippen molar-refractivity contribution in [1.82, 2.24) is 10.2 Å². The summed E-state index contributed by atoms with van der Waals surface area (Å²) < 4.78 is 0. The van der Waals surface area contributed by atoms with E-state index in [9.17, 15) is 9.59 Å². The summed E-state index contributed by atoms with van der Waals surface area (Å²) in [4.78, 5) is 26.8. The number of benzene rings is 1. The Morgan fingerprint density at radius 3 is 2.20 bits per heavy atom. The molecule has 138 valence electrons. The van der Waals surface area contributed by atoms with Gasteiger partial charge in [0, 0.05) is 30.6 Å². The van der Waals surface area contributed by atoms with Gasteiger partial charge in [-0.3, -0.25) is 9.59 Å². The van der Waals surface area contributed by atoms with Gasteiger partial charge in [0.25, 0.3) is 5.91 Å². The molecule has 1 saturated heterocycles. The van der Waals surface area contributed by atoms with Gasteiger partial charge in [-0.25, -0.2) is 0 Å². The van der Waals surface area contributed by atoms with Crippen LogP contribution in [0, 0.1) is 5.92 Å². The smallest absolute Gasteiger partial charge is 0.253 e. The van der Waals surface area contributed by atoms with Crippen molar-refractivity contribution in [2.75, 3.05) is 13.1 Å². The zero-order valence-electron chi connectivity index (χ0n) is 16.3. The molecule has 0 radical (unpaired) electrons. The molecule has 1 aliphatic heterocycles.